The minimum atomic E-state index is -1.85. The van der Waals surface area contributed by atoms with Gasteiger partial charge >= 0.3 is 0 Å². The molecule has 3 aliphatic rings. The number of likely N-dealkylation sites (tertiary alicyclic amines) is 2. The van der Waals surface area contributed by atoms with Gasteiger partial charge in [-0.25, -0.2) is 18.7 Å². The lowest BCUT2D eigenvalue weighted by molar-refractivity contribution is -0.148. The molecule has 11 heteroatoms. The second kappa shape index (κ2) is 10.1. The fraction of sp³-hybridized carbons (Fsp3) is 0.556. The minimum absolute atomic E-state index is 0.0455. The van der Waals surface area contributed by atoms with Gasteiger partial charge < -0.3 is 15.4 Å². The second-order valence-corrected chi connectivity index (χ2v) is 10.8. The molecule has 1 aromatic carbocycles. The molecule has 2 N–H and O–H groups in total. The van der Waals surface area contributed by atoms with Crippen molar-refractivity contribution in [2.75, 3.05) is 31.9 Å². The Morgan fingerprint density at radius 3 is 2.45 bits per heavy atom. The molecule has 38 heavy (non-hydrogen) atoms. The summed E-state index contributed by atoms with van der Waals surface area (Å²) in [5, 5.41) is 0. The van der Waals surface area contributed by atoms with E-state index in [4.69, 9.17) is 10.5 Å². The average Bonchev–Trinajstić information content (AvgIpc) is 3.25. The molecule has 0 spiro atoms. The number of hydrogen-bond acceptors (Lipinski definition) is 7. The SMILES string of the molecule is Nc1ncc(CN2CCC(F)(C(=O)N3CCC(n4c(OC5CCC5)nc5cc(F)ccc54)CC3)CC2)cn1. The number of imidazole rings is 1. The van der Waals surface area contributed by atoms with Crippen LogP contribution in [0.3, 0.4) is 0 Å². The zero-order chi connectivity index (χ0) is 26.3. The quantitative estimate of drug-likeness (QED) is 0.524. The van der Waals surface area contributed by atoms with Gasteiger partial charge in [0.1, 0.15) is 11.9 Å². The Labute approximate surface area is 220 Å². The molecule has 1 amide bonds. The molecule has 6 rings (SSSR count). The first-order valence-electron chi connectivity index (χ1n) is 13.5. The lowest BCUT2D eigenvalue weighted by Gasteiger charge is -2.40. The van der Waals surface area contributed by atoms with Crippen LogP contribution in [0.1, 0.15) is 56.6 Å². The number of nitrogens with two attached hydrogens (primary N) is 1. The summed E-state index contributed by atoms with van der Waals surface area (Å²) in [5.41, 5.74) is 6.00. The van der Waals surface area contributed by atoms with Crippen LogP contribution in [0.25, 0.3) is 11.0 Å². The van der Waals surface area contributed by atoms with Gasteiger partial charge in [0.2, 0.25) is 5.95 Å². The minimum Gasteiger partial charge on any atom is -0.461 e. The maximum atomic E-state index is 15.9. The van der Waals surface area contributed by atoms with Crippen LogP contribution in [0.4, 0.5) is 14.7 Å². The molecule has 3 aromatic rings. The van der Waals surface area contributed by atoms with Gasteiger partial charge in [-0.05, 0) is 44.2 Å². The lowest BCUT2D eigenvalue weighted by atomic mass is 9.90. The van der Waals surface area contributed by atoms with Crippen molar-refractivity contribution in [3.05, 3.63) is 42.0 Å². The topological polar surface area (TPSA) is 102 Å². The van der Waals surface area contributed by atoms with E-state index < -0.39 is 11.6 Å². The van der Waals surface area contributed by atoms with Crippen LogP contribution < -0.4 is 10.5 Å². The van der Waals surface area contributed by atoms with E-state index in [9.17, 15) is 9.18 Å². The van der Waals surface area contributed by atoms with Crippen molar-refractivity contribution >= 4 is 22.9 Å². The molecule has 202 valence electrons. The van der Waals surface area contributed by atoms with E-state index >= 15 is 4.39 Å². The summed E-state index contributed by atoms with van der Waals surface area (Å²) in [6.07, 6.45) is 8.28. The molecular formula is C27H33F2N7O2. The number of nitrogen functional groups attached to an aromatic ring is 1. The Morgan fingerprint density at radius 2 is 1.79 bits per heavy atom. The first-order chi connectivity index (χ1) is 18.4. The number of amides is 1. The first-order valence-corrected chi connectivity index (χ1v) is 13.5. The van der Waals surface area contributed by atoms with Crippen LogP contribution in [0.2, 0.25) is 0 Å². The number of piperidine rings is 2. The van der Waals surface area contributed by atoms with Crippen molar-refractivity contribution in [3.63, 3.8) is 0 Å². The van der Waals surface area contributed by atoms with Crippen molar-refractivity contribution < 1.29 is 18.3 Å². The lowest BCUT2D eigenvalue weighted by Crippen LogP contribution is -2.53. The highest BCUT2D eigenvalue weighted by molar-refractivity contribution is 5.85. The summed E-state index contributed by atoms with van der Waals surface area (Å²) in [6, 6.07) is 5.16. The normalized spacial score (nSPS) is 20.9. The Hall–Kier alpha value is -3.34. The Kier molecular flexibility index (Phi) is 6.63. The number of anilines is 1. The van der Waals surface area contributed by atoms with Crippen molar-refractivity contribution in [1.29, 1.82) is 0 Å². The molecule has 3 fully saturated rings. The van der Waals surface area contributed by atoms with Crippen molar-refractivity contribution in [3.8, 4) is 6.01 Å². The van der Waals surface area contributed by atoms with E-state index in [1.807, 2.05) is 0 Å². The number of aromatic nitrogens is 4. The van der Waals surface area contributed by atoms with Gasteiger partial charge in [0.15, 0.2) is 5.67 Å². The maximum Gasteiger partial charge on any atom is 0.297 e. The average molecular weight is 526 g/mol. The molecule has 2 saturated heterocycles. The monoisotopic (exact) mass is 525 g/mol. The highest BCUT2D eigenvalue weighted by Crippen LogP contribution is 2.36. The van der Waals surface area contributed by atoms with E-state index in [0.29, 0.717) is 57.1 Å². The summed E-state index contributed by atoms with van der Waals surface area (Å²) >= 11 is 0. The third kappa shape index (κ3) is 4.91. The zero-order valence-electron chi connectivity index (χ0n) is 21.4. The molecule has 0 radical (unpaired) electrons. The smallest absolute Gasteiger partial charge is 0.297 e. The number of carbonyl (C=O) groups is 1. The van der Waals surface area contributed by atoms with Crippen LogP contribution >= 0.6 is 0 Å². The van der Waals surface area contributed by atoms with E-state index in [2.05, 4.69) is 24.4 Å². The molecule has 9 nitrogen and oxygen atoms in total. The van der Waals surface area contributed by atoms with E-state index in [0.717, 1.165) is 30.3 Å². The van der Waals surface area contributed by atoms with E-state index in [1.165, 1.54) is 12.1 Å². The van der Waals surface area contributed by atoms with Crippen molar-refractivity contribution in [2.45, 2.75) is 69.3 Å². The molecule has 2 aromatic heterocycles. The third-order valence-electron chi connectivity index (χ3n) is 8.22. The Bertz CT molecular complexity index is 1290. The maximum absolute atomic E-state index is 15.9. The molecule has 4 heterocycles. The summed E-state index contributed by atoms with van der Waals surface area (Å²) < 4.78 is 38.0. The molecular weight excluding hydrogens is 492 g/mol. The summed E-state index contributed by atoms with van der Waals surface area (Å²) in [6.45, 7) is 2.51. The number of hydrogen-bond donors (Lipinski definition) is 1. The van der Waals surface area contributed by atoms with Crippen LogP contribution in [0.5, 0.6) is 6.01 Å². The second-order valence-electron chi connectivity index (χ2n) is 10.8. The van der Waals surface area contributed by atoms with Gasteiger partial charge in [-0.3, -0.25) is 14.3 Å². The van der Waals surface area contributed by atoms with E-state index in [1.54, 1.807) is 23.4 Å². The predicted octanol–water partition coefficient (Wildman–Crippen LogP) is 3.65. The summed E-state index contributed by atoms with van der Waals surface area (Å²) in [7, 11) is 0. The number of nitrogens with zero attached hydrogens (tertiary/aromatic N) is 6. The fourth-order valence-electron chi connectivity index (χ4n) is 5.72. The van der Waals surface area contributed by atoms with Crippen LogP contribution in [-0.2, 0) is 11.3 Å². The van der Waals surface area contributed by atoms with Gasteiger partial charge in [0.25, 0.3) is 11.9 Å². The molecule has 0 unspecified atom stereocenters. The fourth-order valence-corrected chi connectivity index (χ4v) is 5.72. The zero-order valence-corrected chi connectivity index (χ0v) is 21.4. The molecule has 2 aliphatic heterocycles. The number of alkyl halides is 1. The standard InChI is InChI=1S/C27H33F2N7O2/c28-19-4-5-23-22(14-19)33-26(38-21-2-1-3-21)36(23)20-6-10-35(11-7-20)24(37)27(29)8-12-34(13-9-27)17-18-15-31-25(30)32-16-18/h4-5,14-16,20-21H,1-3,6-13,17H2,(H2,30,31,32). The number of fused-ring (bicyclic) bond motifs is 1. The number of rotatable bonds is 6. The number of carbonyl (C=O) groups excluding carboxylic acids is 1. The first kappa shape index (κ1) is 25.0. The largest absolute Gasteiger partial charge is 0.461 e. The van der Waals surface area contributed by atoms with Crippen LogP contribution in [0, 0.1) is 5.82 Å². The van der Waals surface area contributed by atoms with Crippen molar-refractivity contribution in [1.82, 2.24) is 29.3 Å². The van der Waals surface area contributed by atoms with E-state index in [-0.39, 0.29) is 36.8 Å². The highest BCUT2D eigenvalue weighted by Gasteiger charge is 2.45. The third-order valence-corrected chi connectivity index (χ3v) is 8.22. The molecule has 0 atom stereocenters. The van der Waals surface area contributed by atoms with Crippen LogP contribution in [0.15, 0.2) is 30.6 Å². The Balaban J connectivity index is 1.09. The van der Waals surface area contributed by atoms with Gasteiger partial charge in [-0.2, -0.15) is 4.98 Å². The van der Waals surface area contributed by atoms with Crippen molar-refractivity contribution in [2.24, 2.45) is 0 Å². The van der Waals surface area contributed by atoms with Gasteiger partial charge in [-0.15, -0.1) is 0 Å². The molecule has 1 aliphatic carbocycles. The predicted molar refractivity (Wildman–Crippen MR) is 138 cm³/mol. The summed E-state index contributed by atoms with van der Waals surface area (Å²) in [5.74, 6) is -0.518. The van der Waals surface area contributed by atoms with Gasteiger partial charge in [0.05, 0.1) is 11.0 Å². The van der Waals surface area contributed by atoms with Crippen LogP contribution in [-0.4, -0.2) is 73.2 Å². The Morgan fingerprint density at radius 1 is 1.08 bits per heavy atom. The molecule has 0 bridgehead atoms. The number of ether oxygens (including phenoxy) is 1. The number of halogens is 2. The summed E-state index contributed by atoms with van der Waals surface area (Å²) in [4.78, 5) is 29.7. The highest BCUT2D eigenvalue weighted by atomic mass is 19.1. The number of benzene rings is 1. The van der Waals surface area contributed by atoms with Gasteiger partial charge in [-0.1, -0.05) is 0 Å². The molecule has 1 saturated carbocycles. The van der Waals surface area contributed by atoms with Gasteiger partial charge in [0, 0.05) is 75.6 Å².